The van der Waals surface area contributed by atoms with Crippen molar-refractivity contribution < 1.29 is 24.0 Å². The molecule has 9 heteroatoms. The normalized spacial score (nSPS) is 11.3. The molecular formula is C17H15ClN2O6. The number of carbonyl (C=O) groups excluding carboxylic acids is 2. The zero-order valence-corrected chi connectivity index (χ0v) is 14.6. The molecule has 0 heterocycles. The van der Waals surface area contributed by atoms with Gasteiger partial charge in [0.15, 0.2) is 6.10 Å². The number of rotatable bonds is 6. The maximum absolute atomic E-state index is 12.2. The van der Waals surface area contributed by atoms with Gasteiger partial charge < -0.3 is 14.8 Å². The van der Waals surface area contributed by atoms with E-state index in [9.17, 15) is 19.7 Å². The Balaban J connectivity index is 2.08. The summed E-state index contributed by atoms with van der Waals surface area (Å²) < 4.78 is 10.2. The minimum absolute atomic E-state index is 0.0851. The first kappa shape index (κ1) is 19.2. The smallest absolute Gasteiger partial charge is 0.339 e. The number of nitro groups is 1. The van der Waals surface area contributed by atoms with Gasteiger partial charge in [-0.3, -0.25) is 14.9 Å². The van der Waals surface area contributed by atoms with Crippen LogP contribution in [0.3, 0.4) is 0 Å². The van der Waals surface area contributed by atoms with Gasteiger partial charge in [-0.05, 0) is 31.2 Å². The third-order valence-electron chi connectivity index (χ3n) is 3.40. The number of nitrogens with zero attached hydrogens (tertiary/aromatic N) is 1. The number of hydrogen-bond donors (Lipinski definition) is 1. The van der Waals surface area contributed by atoms with E-state index in [-0.39, 0.29) is 10.6 Å². The predicted molar refractivity (Wildman–Crippen MR) is 94.6 cm³/mol. The fraction of sp³-hybridized carbons (Fsp3) is 0.176. The average Bonchev–Trinajstić information content (AvgIpc) is 2.62. The van der Waals surface area contributed by atoms with Gasteiger partial charge in [0.2, 0.25) is 0 Å². The number of hydrogen-bond acceptors (Lipinski definition) is 6. The summed E-state index contributed by atoms with van der Waals surface area (Å²) in [4.78, 5) is 34.5. The molecule has 2 aromatic rings. The molecule has 26 heavy (non-hydrogen) atoms. The van der Waals surface area contributed by atoms with Crippen LogP contribution < -0.4 is 10.1 Å². The Morgan fingerprint density at radius 1 is 1.23 bits per heavy atom. The predicted octanol–water partition coefficient (Wildman–Crippen LogP) is 3.44. The summed E-state index contributed by atoms with van der Waals surface area (Å²) in [5, 5.41) is 13.4. The standard InChI is InChI=1S/C17H15ClN2O6/c1-10(16(21)19-13-5-3-4-6-15(13)25-2)26-17(22)11-7-8-12(18)14(9-11)20(23)24/h3-10H,1-2H3,(H,19,21)/t10-/m1/s1. The lowest BCUT2D eigenvalue weighted by atomic mass is 10.2. The summed E-state index contributed by atoms with van der Waals surface area (Å²) in [7, 11) is 1.46. The van der Waals surface area contributed by atoms with Crippen molar-refractivity contribution in [2.24, 2.45) is 0 Å². The van der Waals surface area contributed by atoms with Gasteiger partial charge in [-0.15, -0.1) is 0 Å². The first-order chi connectivity index (χ1) is 12.3. The van der Waals surface area contributed by atoms with Crippen LogP contribution in [0.25, 0.3) is 0 Å². The molecule has 1 amide bonds. The van der Waals surface area contributed by atoms with E-state index in [0.29, 0.717) is 11.4 Å². The average molecular weight is 379 g/mol. The van der Waals surface area contributed by atoms with E-state index in [1.54, 1.807) is 24.3 Å². The zero-order chi connectivity index (χ0) is 19.3. The van der Waals surface area contributed by atoms with Crippen LogP contribution in [0, 0.1) is 10.1 Å². The highest BCUT2D eigenvalue weighted by atomic mass is 35.5. The third kappa shape index (κ3) is 4.48. The number of halogens is 1. The van der Waals surface area contributed by atoms with Gasteiger partial charge in [0.1, 0.15) is 10.8 Å². The lowest BCUT2D eigenvalue weighted by Gasteiger charge is -2.15. The van der Waals surface area contributed by atoms with Crippen molar-refractivity contribution in [3.05, 3.63) is 63.2 Å². The molecule has 0 spiro atoms. The van der Waals surface area contributed by atoms with E-state index in [1.165, 1.54) is 26.2 Å². The quantitative estimate of drug-likeness (QED) is 0.468. The number of nitrogens with one attached hydrogen (secondary N) is 1. The largest absolute Gasteiger partial charge is 0.495 e. The number of nitro benzene ring substituents is 1. The van der Waals surface area contributed by atoms with Gasteiger partial charge in [-0.1, -0.05) is 23.7 Å². The molecule has 0 fully saturated rings. The molecule has 0 aliphatic heterocycles. The molecule has 0 unspecified atom stereocenters. The highest BCUT2D eigenvalue weighted by Crippen LogP contribution is 2.26. The number of carbonyl (C=O) groups is 2. The third-order valence-corrected chi connectivity index (χ3v) is 3.72. The molecule has 0 aliphatic carbocycles. The Hall–Kier alpha value is -3.13. The summed E-state index contributed by atoms with van der Waals surface area (Å²) >= 11 is 5.70. The van der Waals surface area contributed by atoms with Gasteiger partial charge in [0.25, 0.3) is 11.6 Å². The van der Waals surface area contributed by atoms with Crippen molar-refractivity contribution in [2.75, 3.05) is 12.4 Å². The maximum atomic E-state index is 12.2. The van der Waals surface area contributed by atoms with E-state index < -0.39 is 28.6 Å². The number of ether oxygens (including phenoxy) is 2. The molecule has 8 nitrogen and oxygen atoms in total. The van der Waals surface area contributed by atoms with Crippen LogP contribution in [0.15, 0.2) is 42.5 Å². The topological polar surface area (TPSA) is 108 Å². The summed E-state index contributed by atoms with van der Waals surface area (Å²) in [6, 6.07) is 10.2. The number of benzene rings is 2. The fourth-order valence-corrected chi connectivity index (χ4v) is 2.23. The van der Waals surface area contributed by atoms with Gasteiger partial charge in [0.05, 0.1) is 23.3 Å². The molecule has 2 rings (SSSR count). The molecule has 0 aromatic heterocycles. The maximum Gasteiger partial charge on any atom is 0.339 e. The number of para-hydroxylation sites is 2. The Labute approximate surface area is 153 Å². The number of amides is 1. The highest BCUT2D eigenvalue weighted by Gasteiger charge is 2.22. The summed E-state index contributed by atoms with van der Waals surface area (Å²) in [5.41, 5.74) is -0.0877. The monoisotopic (exact) mass is 378 g/mol. The second-order valence-electron chi connectivity index (χ2n) is 5.16. The van der Waals surface area contributed by atoms with Crippen molar-refractivity contribution in [1.29, 1.82) is 0 Å². The fourth-order valence-electron chi connectivity index (χ4n) is 2.04. The first-order valence-corrected chi connectivity index (χ1v) is 7.80. The molecule has 1 atom stereocenters. The van der Waals surface area contributed by atoms with E-state index in [1.807, 2.05) is 0 Å². The minimum Gasteiger partial charge on any atom is -0.495 e. The van der Waals surface area contributed by atoms with Crippen molar-refractivity contribution in [2.45, 2.75) is 13.0 Å². The van der Waals surface area contributed by atoms with Crippen molar-refractivity contribution in [3.63, 3.8) is 0 Å². The second-order valence-corrected chi connectivity index (χ2v) is 5.57. The summed E-state index contributed by atoms with van der Waals surface area (Å²) in [5.74, 6) is -1.01. The number of esters is 1. The van der Waals surface area contributed by atoms with Crippen LogP contribution in [-0.2, 0) is 9.53 Å². The molecule has 0 radical (unpaired) electrons. The SMILES string of the molecule is COc1ccccc1NC(=O)[C@@H](C)OC(=O)c1ccc(Cl)c([N+](=O)[O-])c1. The van der Waals surface area contributed by atoms with Crippen molar-refractivity contribution >= 4 is 34.9 Å². The van der Waals surface area contributed by atoms with E-state index in [0.717, 1.165) is 6.07 Å². The summed E-state index contributed by atoms with van der Waals surface area (Å²) in [6.45, 7) is 1.38. The lowest BCUT2D eigenvalue weighted by Crippen LogP contribution is -2.30. The van der Waals surface area contributed by atoms with Crippen LogP contribution in [0.2, 0.25) is 5.02 Å². The molecule has 0 bridgehead atoms. The van der Waals surface area contributed by atoms with Crippen LogP contribution in [0.4, 0.5) is 11.4 Å². The number of methoxy groups -OCH3 is 1. The zero-order valence-electron chi connectivity index (χ0n) is 13.9. The van der Waals surface area contributed by atoms with Crippen LogP contribution in [0.5, 0.6) is 5.75 Å². The molecular weight excluding hydrogens is 364 g/mol. The van der Waals surface area contributed by atoms with Gasteiger partial charge in [-0.25, -0.2) is 4.79 Å². The van der Waals surface area contributed by atoms with E-state index >= 15 is 0 Å². The Bertz CT molecular complexity index is 855. The second kappa shape index (κ2) is 8.30. The summed E-state index contributed by atoms with van der Waals surface area (Å²) in [6.07, 6.45) is -1.14. The Kier molecular flexibility index (Phi) is 6.13. The Morgan fingerprint density at radius 3 is 2.58 bits per heavy atom. The molecule has 1 N–H and O–H groups in total. The molecule has 0 saturated carbocycles. The van der Waals surface area contributed by atoms with E-state index in [2.05, 4.69) is 5.32 Å². The lowest BCUT2D eigenvalue weighted by molar-refractivity contribution is -0.384. The van der Waals surface area contributed by atoms with Gasteiger partial charge in [0, 0.05) is 6.07 Å². The Morgan fingerprint density at radius 2 is 1.92 bits per heavy atom. The molecule has 0 saturated heterocycles. The first-order valence-electron chi connectivity index (χ1n) is 7.42. The molecule has 2 aromatic carbocycles. The van der Waals surface area contributed by atoms with Crippen LogP contribution in [0.1, 0.15) is 17.3 Å². The number of anilines is 1. The van der Waals surface area contributed by atoms with Gasteiger partial charge >= 0.3 is 5.97 Å². The van der Waals surface area contributed by atoms with Crippen molar-refractivity contribution in [3.8, 4) is 5.75 Å². The van der Waals surface area contributed by atoms with E-state index in [4.69, 9.17) is 21.1 Å². The minimum atomic E-state index is -1.14. The molecule has 136 valence electrons. The molecule has 0 aliphatic rings. The van der Waals surface area contributed by atoms with Crippen molar-refractivity contribution in [1.82, 2.24) is 0 Å². The van der Waals surface area contributed by atoms with Crippen LogP contribution >= 0.6 is 11.6 Å². The van der Waals surface area contributed by atoms with Crippen LogP contribution in [-0.4, -0.2) is 30.0 Å². The van der Waals surface area contributed by atoms with Gasteiger partial charge in [-0.2, -0.15) is 0 Å². The highest BCUT2D eigenvalue weighted by molar-refractivity contribution is 6.32.